The quantitative estimate of drug-likeness (QED) is 0.0301. The van der Waals surface area contributed by atoms with E-state index < -0.39 is 124 Å². The summed E-state index contributed by atoms with van der Waals surface area (Å²) in [6, 6.07) is -0.965. The van der Waals surface area contributed by atoms with E-state index in [1.165, 1.54) is 128 Å². The number of carbonyl (C=O) groups is 1. The summed E-state index contributed by atoms with van der Waals surface area (Å²) in [5.41, 5.74) is 0. The SMILES string of the molecule is CCCCCCCCCCCCCCCCCCC/C=C/C(O)C(COC1OC(CO)C(OC2OC(CO)C(OC3OC(CO)C(O)C(O)C3O)C(O)C2O)C(O)C1O)NC(=O)CCCCCCCCCCCC. The number of aliphatic hydroxyl groups excluding tert-OH is 11. The number of aliphatic hydroxyl groups is 11. The highest BCUT2D eigenvalue weighted by Crippen LogP contribution is 2.33. The molecule has 0 bridgehead atoms. The average molecular weight is 1070 g/mol. The van der Waals surface area contributed by atoms with Gasteiger partial charge in [0, 0.05) is 6.42 Å². The number of amides is 1. The lowest BCUT2D eigenvalue weighted by molar-refractivity contribution is -0.379. The number of nitrogens with one attached hydrogen (secondary N) is 1. The van der Waals surface area contributed by atoms with Gasteiger partial charge in [0.1, 0.15) is 73.2 Å². The van der Waals surface area contributed by atoms with Crippen LogP contribution < -0.4 is 5.32 Å². The Labute approximate surface area is 442 Å². The summed E-state index contributed by atoms with van der Waals surface area (Å²) in [5, 5.41) is 120. The van der Waals surface area contributed by atoms with Crippen LogP contribution >= 0.6 is 0 Å². The molecule has 3 fully saturated rings. The molecule has 3 rings (SSSR count). The number of carbonyl (C=O) groups excluding carboxylic acids is 1. The molecule has 1 amide bonds. The van der Waals surface area contributed by atoms with Crippen LogP contribution in [0.25, 0.3) is 0 Å². The van der Waals surface area contributed by atoms with Crippen LogP contribution in [0.2, 0.25) is 0 Å². The highest BCUT2D eigenvalue weighted by molar-refractivity contribution is 5.76. The predicted molar refractivity (Wildman–Crippen MR) is 277 cm³/mol. The molecule has 12 N–H and O–H groups in total. The van der Waals surface area contributed by atoms with Gasteiger partial charge in [-0.15, -0.1) is 0 Å². The maximum Gasteiger partial charge on any atom is 0.220 e. The van der Waals surface area contributed by atoms with Crippen LogP contribution in [0.4, 0.5) is 0 Å². The third kappa shape index (κ3) is 24.3. The van der Waals surface area contributed by atoms with Gasteiger partial charge >= 0.3 is 0 Å². The molecule has 3 aliphatic rings. The van der Waals surface area contributed by atoms with Crippen molar-refractivity contribution in [1.82, 2.24) is 5.32 Å². The highest BCUT2D eigenvalue weighted by atomic mass is 16.8. The molecule has 3 saturated heterocycles. The van der Waals surface area contributed by atoms with Crippen molar-refractivity contribution in [2.24, 2.45) is 0 Å². The van der Waals surface area contributed by atoms with Crippen molar-refractivity contribution in [2.45, 2.75) is 304 Å². The van der Waals surface area contributed by atoms with Crippen molar-refractivity contribution < 1.29 is 89.4 Å². The Bertz CT molecular complexity index is 1410. The number of hydrogen-bond donors (Lipinski definition) is 12. The van der Waals surface area contributed by atoms with Gasteiger partial charge in [-0.25, -0.2) is 0 Å². The molecule has 19 heteroatoms. The molecule has 3 heterocycles. The Kier molecular flexibility index (Phi) is 35.9. The molecule has 19 nitrogen and oxygen atoms in total. The molecule has 0 aromatic rings. The number of hydrogen-bond acceptors (Lipinski definition) is 18. The van der Waals surface area contributed by atoms with Crippen molar-refractivity contribution in [3.8, 4) is 0 Å². The zero-order chi connectivity index (χ0) is 54.1. The lowest BCUT2D eigenvalue weighted by atomic mass is 9.96. The molecular weight excluding hydrogens is 963 g/mol. The van der Waals surface area contributed by atoms with Gasteiger partial charge in [-0.1, -0.05) is 187 Å². The average Bonchev–Trinajstić information content (AvgIpc) is 3.40. The molecule has 3 aliphatic heterocycles. The van der Waals surface area contributed by atoms with Crippen LogP contribution in [0.15, 0.2) is 12.2 Å². The Morgan fingerprint density at radius 1 is 0.473 bits per heavy atom. The number of unbranched alkanes of at least 4 members (excludes halogenated alkanes) is 26. The van der Waals surface area contributed by atoms with Crippen molar-refractivity contribution >= 4 is 5.91 Å². The van der Waals surface area contributed by atoms with Gasteiger partial charge in [0.2, 0.25) is 5.91 Å². The molecule has 0 aliphatic carbocycles. The maximum atomic E-state index is 13.2. The molecular formula is C55H103NO18. The van der Waals surface area contributed by atoms with E-state index >= 15 is 0 Å². The van der Waals surface area contributed by atoms with Crippen LogP contribution in [0.1, 0.15) is 200 Å². The first-order valence-electron chi connectivity index (χ1n) is 28.9. The fourth-order valence-electron chi connectivity index (χ4n) is 10.0. The summed E-state index contributed by atoms with van der Waals surface area (Å²) in [4.78, 5) is 13.2. The Hall–Kier alpha value is -1.47. The van der Waals surface area contributed by atoms with E-state index in [0.29, 0.717) is 6.42 Å². The molecule has 0 saturated carbocycles. The van der Waals surface area contributed by atoms with Crippen LogP contribution in [-0.4, -0.2) is 193 Å². The zero-order valence-corrected chi connectivity index (χ0v) is 45.1. The summed E-state index contributed by atoms with van der Waals surface area (Å²) in [6.07, 6.45) is 10.7. The second-order valence-corrected chi connectivity index (χ2v) is 21.1. The van der Waals surface area contributed by atoms with E-state index in [2.05, 4.69) is 19.2 Å². The van der Waals surface area contributed by atoms with Gasteiger partial charge in [-0.3, -0.25) is 4.79 Å². The van der Waals surface area contributed by atoms with E-state index in [4.69, 9.17) is 28.4 Å². The maximum absolute atomic E-state index is 13.2. The summed E-state index contributed by atoms with van der Waals surface area (Å²) in [6.45, 7) is 1.70. The minimum absolute atomic E-state index is 0.247. The fourth-order valence-corrected chi connectivity index (χ4v) is 10.0. The van der Waals surface area contributed by atoms with E-state index in [9.17, 15) is 61.0 Å². The molecule has 17 atom stereocenters. The largest absolute Gasteiger partial charge is 0.394 e. The summed E-state index contributed by atoms with van der Waals surface area (Å²) >= 11 is 0. The van der Waals surface area contributed by atoms with Crippen molar-refractivity contribution in [2.75, 3.05) is 26.4 Å². The van der Waals surface area contributed by atoms with Gasteiger partial charge in [0.25, 0.3) is 0 Å². The molecule has 74 heavy (non-hydrogen) atoms. The summed E-state index contributed by atoms with van der Waals surface area (Å²) < 4.78 is 34.2. The van der Waals surface area contributed by atoms with E-state index in [-0.39, 0.29) is 18.9 Å². The third-order valence-electron chi connectivity index (χ3n) is 14.8. The minimum atomic E-state index is -1.97. The second kappa shape index (κ2) is 39.8. The lowest BCUT2D eigenvalue weighted by Crippen LogP contribution is -2.66. The van der Waals surface area contributed by atoms with Gasteiger partial charge in [-0.05, 0) is 19.3 Å². The minimum Gasteiger partial charge on any atom is -0.394 e. The molecule has 0 spiro atoms. The molecule has 0 radical (unpaired) electrons. The first-order valence-corrected chi connectivity index (χ1v) is 28.9. The van der Waals surface area contributed by atoms with E-state index in [1.54, 1.807) is 6.08 Å². The number of ether oxygens (including phenoxy) is 6. The Morgan fingerprint density at radius 2 is 0.838 bits per heavy atom. The first kappa shape index (κ1) is 66.8. The highest BCUT2D eigenvalue weighted by Gasteiger charge is 2.53. The summed E-state index contributed by atoms with van der Waals surface area (Å²) in [7, 11) is 0. The topological polar surface area (TPSA) is 307 Å². The van der Waals surface area contributed by atoms with Gasteiger partial charge in [-0.2, -0.15) is 0 Å². The second-order valence-electron chi connectivity index (χ2n) is 21.1. The predicted octanol–water partition coefficient (Wildman–Crippen LogP) is 4.21. The molecule has 0 aromatic carbocycles. The Balaban J connectivity index is 1.51. The number of rotatable bonds is 42. The van der Waals surface area contributed by atoms with Crippen LogP contribution in [0.3, 0.4) is 0 Å². The number of allylic oxidation sites excluding steroid dienone is 1. The smallest absolute Gasteiger partial charge is 0.220 e. The fraction of sp³-hybridized carbons (Fsp3) is 0.945. The monoisotopic (exact) mass is 1070 g/mol. The van der Waals surface area contributed by atoms with Crippen molar-refractivity contribution in [3.05, 3.63) is 12.2 Å². The van der Waals surface area contributed by atoms with E-state index in [0.717, 1.165) is 44.9 Å². The molecule has 0 aromatic heterocycles. The summed E-state index contributed by atoms with van der Waals surface area (Å²) in [5.74, 6) is -0.277. The van der Waals surface area contributed by atoms with Crippen LogP contribution in [0, 0.1) is 0 Å². The normalized spacial score (nSPS) is 31.5. The lowest BCUT2D eigenvalue weighted by Gasteiger charge is -2.48. The van der Waals surface area contributed by atoms with Crippen LogP contribution in [0.5, 0.6) is 0 Å². The van der Waals surface area contributed by atoms with Crippen LogP contribution in [-0.2, 0) is 33.2 Å². The standard InChI is InChI=1S/C55H103NO18/c1-3-5-7-9-11-13-15-16-17-18-19-20-21-22-23-24-26-28-30-32-39(60)38(56-43(61)33-31-29-27-25-14-12-10-8-6-4-2)37-69-53-49(67)46(64)51(41(35-58)71-53)74-55-50(68)47(65)52(42(36-59)72-55)73-54-48(66)45(63)44(62)40(34-57)70-54/h30,32,38-42,44-55,57-60,62-68H,3-29,31,33-37H2,1-2H3,(H,56,61)/b32-30+. The first-order chi connectivity index (χ1) is 35.8. The van der Waals surface area contributed by atoms with Crippen molar-refractivity contribution in [3.63, 3.8) is 0 Å². The van der Waals surface area contributed by atoms with Gasteiger partial charge < -0.3 is 89.9 Å². The zero-order valence-electron chi connectivity index (χ0n) is 45.1. The van der Waals surface area contributed by atoms with Crippen molar-refractivity contribution in [1.29, 1.82) is 0 Å². The molecule has 17 unspecified atom stereocenters. The van der Waals surface area contributed by atoms with Gasteiger partial charge in [0.05, 0.1) is 38.6 Å². The molecule has 436 valence electrons. The van der Waals surface area contributed by atoms with Gasteiger partial charge in [0.15, 0.2) is 18.9 Å². The van der Waals surface area contributed by atoms with E-state index in [1.807, 2.05) is 6.08 Å². The third-order valence-corrected chi connectivity index (χ3v) is 14.8. The Morgan fingerprint density at radius 3 is 1.27 bits per heavy atom.